The van der Waals surface area contributed by atoms with Gasteiger partial charge in [0.15, 0.2) is 0 Å². The Morgan fingerprint density at radius 2 is 2.00 bits per heavy atom. The molecule has 1 unspecified atom stereocenters. The fourth-order valence-electron chi connectivity index (χ4n) is 2.49. The summed E-state index contributed by atoms with van der Waals surface area (Å²) in [6.45, 7) is 9.19. The van der Waals surface area contributed by atoms with Crippen LogP contribution in [0.15, 0.2) is 12.4 Å². The van der Waals surface area contributed by atoms with Gasteiger partial charge < -0.3 is 20.5 Å². The van der Waals surface area contributed by atoms with Crippen molar-refractivity contribution < 1.29 is 14.6 Å². The Kier molecular flexibility index (Phi) is 5.48. The summed E-state index contributed by atoms with van der Waals surface area (Å²) < 4.78 is 7.01. The van der Waals surface area contributed by atoms with E-state index in [2.05, 4.69) is 10.00 Å². The molecule has 1 aliphatic heterocycles. The van der Waals surface area contributed by atoms with Crippen LogP contribution in [0.4, 0.5) is 10.5 Å². The minimum Gasteiger partial charge on any atom is -0.444 e. The summed E-state index contributed by atoms with van der Waals surface area (Å²) in [7, 11) is 0. The number of amides is 1. The molecule has 1 aromatic rings. The minimum absolute atomic E-state index is 0.273. The summed E-state index contributed by atoms with van der Waals surface area (Å²) in [5.74, 6) is 0. The van der Waals surface area contributed by atoms with Gasteiger partial charge in [-0.3, -0.25) is 9.58 Å². The van der Waals surface area contributed by atoms with E-state index in [1.165, 1.54) is 0 Å². The maximum Gasteiger partial charge on any atom is 0.410 e. The number of piperazine rings is 1. The number of aliphatic hydroxyl groups excluding tert-OH is 1. The maximum atomic E-state index is 12.0. The van der Waals surface area contributed by atoms with Crippen LogP contribution in [0.1, 0.15) is 20.8 Å². The molecule has 1 saturated heterocycles. The quantitative estimate of drug-likeness (QED) is 0.831. The Balaban J connectivity index is 1.73. The Morgan fingerprint density at radius 3 is 2.52 bits per heavy atom. The molecule has 0 bridgehead atoms. The van der Waals surface area contributed by atoms with Crippen molar-refractivity contribution >= 4 is 11.8 Å². The van der Waals surface area contributed by atoms with Gasteiger partial charge in [-0.15, -0.1) is 0 Å². The van der Waals surface area contributed by atoms with Crippen LogP contribution < -0.4 is 5.73 Å². The lowest BCUT2D eigenvalue weighted by Gasteiger charge is -2.36. The highest BCUT2D eigenvalue weighted by Crippen LogP contribution is 2.12. The van der Waals surface area contributed by atoms with Crippen molar-refractivity contribution in [1.29, 1.82) is 0 Å². The molecule has 2 heterocycles. The molecular formula is C15H27N5O3. The third-order valence-corrected chi connectivity index (χ3v) is 3.54. The molecule has 23 heavy (non-hydrogen) atoms. The zero-order valence-corrected chi connectivity index (χ0v) is 14.1. The first-order valence-electron chi connectivity index (χ1n) is 7.89. The number of nitrogens with two attached hydrogens (primary N) is 1. The van der Waals surface area contributed by atoms with Crippen molar-refractivity contribution in [1.82, 2.24) is 19.6 Å². The fourth-order valence-corrected chi connectivity index (χ4v) is 2.49. The predicted molar refractivity (Wildman–Crippen MR) is 86.9 cm³/mol. The van der Waals surface area contributed by atoms with Crippen LogP contribution in [0.3, 0.4) is 0 Å². The van der Waals surface area contributed by atoms with Crippen molar-refractivity contribution in [2.45, 2.75) is 39.0 Å². The van der Waals surface area contributed by atoms with E-state index in [4.69, 9.17) is 10.5 Å². The van der Waals surface area contributed by atoms with Crippen LogP contribution in [0, 0.1) is 0 Å². The first kappa shape index (κ1) is 17.6. The SMILES string of the molecule is CC(C)(C)OC(=O)N1CCN(CC(O)Cn2cc(N)cn2)CC1. The molecule has 0 saturated carbocycles. The van der Waals surface area contributed by atoms with Crippen LogP contribution >= 0.6 is 0 Å². The number of aliphatic hydroxyl groups is 1. The number of nitrogen functional groups attached to an aromatic ring is 1. The molecule has 0 aromatic carbocycles. The number of hydrogen-bond donors (Lipinski definition) is 2. The largest absolute Gasteiger partial charge is 0.444 e. The summed E-state index contributed by atoms with van der Waals surface area (Å²) in [5.41, 5.74) is 5.71. The van der Waals surface area contributed by atoms with E-state index in [1.807, 2.05) is 20.8 Å². The molecule has 1 atom stereocenters. The van der Waals surface area contributed by atoms with E-state index in [-0.39, 0.29) is 6.09 Å². The van der Waals surface area contributed by atoms with Crippen LogP contribution in [0.2, 0.25) is 0 Å². The minimum atomic E-state index is -0.526. The Bertz CT molecular complexity index is 517. The van der Waals surface area contributed by atoms with E-state index < -0.39 is 11.7 Å². The number of ether oxygens (including phenoxy) is 1. The van der Waals surface area contributed by atoms with Gasteiger partial charge in [0.25, 0.3) is 0 Å². The van der Waals surface area contributed by atoms with Crippen molar-refractivity contribution in [3.8, 4) is 0 Å². The molecule has 130 valence electrons. The molecule has 1 amide bonds. The van der Waals surface area contributed by atoms with Crippen molar-refractivity contribution in [2.24, 2.45) is 0 Å². The fraction of sp³-hybridized carbons (Fsp3) is 0.733. The second kappa shape index (κ2) is 7.18. The number of rotatable bonds is 4. The smallest absolute Gasteiger partial charge is 0.410 e. The van der Waals surface area contributed by atoms with Gasteiger partial charge in [0.2, 0.25) is 0 Å². The third-order valence-electron chi connectivity index (χ3n) is 3.54. The summed E-state index contributed by atoms with van der Waals surface area (Å²) in [6.07, 6.45) is 2.46. The molecule has 1 fully saturated rings. The van der Waals surface area contributed by atoms with E-state index in [0.717, 1.165) is 13.1 Å². The van der Waals surface area contributed by atoms with Crippen LogP contribution in [0.5, 0.6) is 0 Å². The lowest BCUT2D eigenvalue weighted by atomic mass is 10.2. The normalized spacial score (nSPS) is 18.0. The Hall–Kier alpha value is -1.80. The second-order valence-electron chi connectivity index (χ2n) is 6.92. The lowest BCUT2D eigenvalue weighted by molar-refractivity contribution is 0.00920. The number of aromatic nitrogens is 2. The zero-order chi connectivity index (χ0) is 17.0. The monoisotopic (exact) mass is 325 g/mol. The van der Waals surface area contributed by atoms with E-state index in [9.17, 15) is 9.90 Å². The molecule has 8 nitrogen and oxygen atoms in total. The molecule has 2 rings (SSSR count). The first-order chi connectivity index (χ1) is 10.7. The molecule has 3 N–H and O–H groups in total. The van der Waals surface area contributed by atoms with Gasteiger partial charge >= 0.3 is 6.09 Å². The summed E-state index contributed by atoms with van der Waals surface area (Å²) in [4.78, 5) is 15.8. The van der Waals surface area contributed by atoms with E-state index in [1.54, 1.807) is 22.0 Å². The van der Waals surface area contributed by atoms with Crippen molar-refractivity contribution in [2.75, 3.05) is 38.5 Å². The standard InChI is InChI=1S/C15H27N5O3/c1-15(2,3)23-14(22)19-6-4-18(5-7-19)10-13(21)11-20-9-12(16)8-17-20/h8-9,13,21H,4-7,10-11,16H2,1-3H3. The van der Waals surface area contributed by atoms with Gasteiger partial charge in [-0.05, 0) is 20.8 Å². The van der Waals surface area contributed by atoms with Gasteiger partial charge in [-0.1, -0.05) is 0 Å². The Morgan fingerprint density at radius 1 is 1.35 bits per heavy atom. The van der Waals surface area contributed by atoms with Crippen LogP contribution in [-0.2, 0) is 11.3 Å². The maximum absolute atomic E-state index is 12.0. The van der Waals surface area contributed by atoms with Gasteiger partial charge in [-0.2, -0.15) is 5.10 Å². The summed E-state index contributed by atoms with van der Waals surface area (Å²) in [5, 5.41) is 14.2. The third kappa shape index (κ3) is 5.72. The number of anilines is 1. The van der Waals surface area contributed by atoms with Crippen molar-refractivity contribution in [3.05, 3.63) is 12.4 Å². The molecule has 0 spiro atoms. The number of carbonyl (C=O) groups excluding carboxylic acids is 1. The molecule has 0 aliphatic carbocycles. The van der Waals surface area contributed by atoms with Gasteiger partial charge in [0, 0.05) is 38.9 Å². The van der Waals surface area contributed by atoms with Crippen molar-refractivity contribution in [3.63, 3.8) is 0 Å². The Labute approximate surface area is 136 Å². The topological polar surface area (TPSA) is 96.9 Å². The van der Waals surface area contributed by atoms with E-state index >= 15 is 0 Å². The first-order valence-corrected chi connectivity index (χ1v) is 7.89. The molecule has 8 heteroatoms. The average Bonchev–Trinajstić information content (AvgIpc) is 2.82. The molecular weight excluding hydrogens is 298 g/mol. The zero-order valence-electron chi connectivity index (χ0n) is 14.1. The number of nitrogens with zero attached hydrogens (tertiary/aromatic N) is 4. The number of β-amino-alcohol motifs (C(OH)–C–C–N with tert-alkyl or cyclic N) is 1. The summed E-state index contributed by atoms with van der Waals surface area (Å²) >= 11 is 0. The predicted octanol–water partition coefficient (Wildman–Crippen LogP) is 0.379. The highest BCUT2D eigenvalue weighted by Gasteiger charge is 2.26. The highest BCUT2D eigenvalue weighted by molar-refractivity contribution is 5.68. The van der Waals surface area contributed by atoms with Crippen LogP contribution in [-0.4, -0.2) is 75.2 Å². The van der Waals surface area contributed by atoms with E-state index in [0.29, 0.717) is 31.9 Å². The lowest BCUT2D eigenvalue weighted by Crippen LogP contribution is -2.51. The van der Waals surface area contributed by atoms with Crippen LogP contribution in [0.25, 0.3) is 0 Å². The highest BCUT2D eigenvalue weighted by atomic mass is 16.6. The number of hydrogen-bond acceptors (Lipinski definition) is 6. The average molecular weight is 325 g/mol. The second-order valence-corrected chi connectivity index (χ2v) is 6.92. The van der Waals surface area contributed by atoms with Gasteiger partial charge in [0.1, 0.15) is 5.60 Å². The molecule has 0 radical (unpaired) electrons. The molecule has 1 aliphatic rings. The number of carbonyl (C=O) groups is 1. The van der Waals surface area contributed by atoms with Gasteiger partial charge in [-0.25, -0.2) is 4.79 Å². The van der Waals surface area contributed by atoms with Gasteiger partial charge in [0.05, 0.1) is 24.5 Å². The molecule has 1 aromatic heterocycles. The summed E-state index contributed by atoms with van der Waals surface area (Å²) in [6, 6.07) is 0.